The summed E-state index contributed by atoms with van der Waals surface area (Å²) in [7, 11) is 0. The Morgan fingerprint density at radius 1 is 1.67 bits per heavy atom. The van der Waals surface area contributed by atoms with Crippen LogP contribution in [0.5, 0.6) is 0 Å². The molecule has 66 valence electrons. The fraction of sp³-hybridized carbons (Fsp3) is 0.500. The van der Waals surface area contributed by atoms with Gasteiger partial charge in [0.15, 0.2) is 5.78 Å². The van der Waals surface area contributed by atoms with Crippen molar-refractivity contribution >= 4 is 29.2 Å². The smallest absolute Gasteiger partial charge is 0.264 e. The van der Waals surface area contributed by atoms with E-state index in [1.807, 2.05) is 0 Å². The van der Waals surface area contributed by atoms with Gasteiger partial charge in [-0.2, -0.15) is 5.06 Å². The van der Waals surface area contributed by atoms with Crippen LogP contribution in [-0.2, 0) is 14.4 Å². The van der Waals surface area contributed by atoms with Gasteiger partial charge in [0.25, 0.3) is 11.8 Å². The lowest BCUT2D eigenvalue weighted by atomic mass is 10.0. The maximum Gasteiger partial charge on any atom is 0.264 e. The number of hydrogen-bond acceptors (Lipinski definition) is 4. The summed E-state index contributed by atoms with van der Waals surface area (Å²) in [6, 6.07) is 0. The number of nitrogens with zero attached hydrogens (tertiary/aromatic N) is 1. The predicted molar refractivity (Wildman–Crippen MR) is 37.5 cm³/mol. The molecule has 0 aliphatic carbocycles. The van der Waals surface area contributed by atoms with Gasteiger partial charge in [0, 0.05) is 6.42 Å². The summed E-state index contributed by atoms with van der Waals surface area (Å²) in [4.78, 5) is 32.4. The molecular formula is C6H6ClNO4. The molecule has 1 N–H and O–H groups in total. The van der Waals surface area contributed by atoms with E-state index < -0.39 is 23.5 Å². The molecule has 1 unspecified atom stereocenters. The number of hydroxylamine groups is 2. The second-order valence-corrected chi connectivity index (χ2v) is 2.67. The van der Waals surface area contributed by atoms with Gasteiger partial charge >= 0.3 is 0 Å². The topological polar surface area (TPSA) is 74.7 Å². The maximum absolute atomic E-state index is 10.9. The molecule has 1 fully saturated rings. The second-order valence-electron chi connectivity index (χ2n) is 2.40. The van der Waals surface area contributed by atoms with Crippen LogP contribution >= 0.6 is 11.6 Å². The van der Waals surface area contributed by atoms with Crippen LogP contribution < -0.4 is 0 Å². The van der Waals surface area contributed by atoms with E-state index in [0.29, 0.717) is 0 Å². The zero-order valence-corrected chi connectivity index (χ0v) is 6.74. The van der Waals surface area contributed by atoms with Crippen molar-refractivity contribution in [2.75, 3.05) is 5.88 Å². The van der Waals surface area contributed by atoms with Crippen molar-refractivity contribution < 1.29 is 19.6 Å². The molecule has 0 radical (unpaired) electrons. The predicted octanol–water partition coefficient (Wildman–Crippen LogP) is -0.441. The zero-order chi connectivity index (χ0) is 9.30. The van der Waals surface area contributed by atoms with E-state index >= 15 is 0 Å². The minimum absolute atomic E-state index is 0.0326. The Morgan fingerprint density at radius 2 is 2.25 bits per heavy atom. The lowest BCUT2D eigenvalue weighted by Crippen LogP contribution is -2.29. The SMILES string of the molecule is O=C(CCl)C1CC(=O)N(O)C1=O. The van der Waals surface area contributed by atoms with Crippen LogP contribution in [-0.4, -0.2) is 33.7 Å². The van der Waals surface area contributed by atoms with Crippen LogP contribution in [0.3, 0.4) is 0 Å². The molecule has 5 nitrogen and oxygen atoms in total. The average Bonchev–Trinajstić information content (AvgIpc) is 2.32. The normalized spacial score (nSPS) is 23.5. The summed E-state index contributed by atoms with van der Waals surface area (Å²) >= 11 is 5.18. The summed E-state index contributed by atoms with van der Waals surface area (Å²) in [6.45, 7) is 0. The van der Waals surface area contributed by atoms with Crippen LogP contribution in [0.1, 0.15) is 6.42 Å². The van der Waals surface area contributed by atoms with Gasteiger partial charge in [-0.1, -0.05) is 0 Å². The van der Waals surface area contributed by atoms with E-state index in [4.69, 9.17) is 16.8 Å². The van der Waals surface area contributed by atoms with Crippen molar-refractivity contribution in [2.45, 2.75) is 6.42 Å². The van der Waals surface area contributed by atoms with Crippen molar-refractivity contribution in [3.8, 4) is 0 Å². The van der Waals surface area contributed by atoms with Crippen LogP contribution in [0.2, 0.25) is 0 Å². The molecule has 1 saturated heterocycles. The van der Waals surface area contributed by atoms with E-state index in [1.54, 1.807) is 0 Å². The van der Waals surface area contributed by atoms with Gasteiger partial charge in [-0.15, -0.1) is 11.6 Å². The summed E-state index contributed by atoms with van der Waals surface area (Å²) in [5.41, 5.74) is 0. The number of alkyl halides is 1. The standard InChI is InChI=1S/C6H6ClNO4/c7-2-4(9)3-1-5(10)8(12)6(3)11/h3,12H,1-2H2. The van der Waals surface area contributed by atoms with Gasteiger partial charge in [-0.3, -0.25) is 19.6 Å². The monoisotopic (exact) mass is 191 g/mol. The van der Waals surface area contributed by atoms with E-state index in [-0.39, 0.29) is 17.4 Å². The number of carbonyl (C=O) groups excluding carboxylic acids is 3. The Labute approximate surface area is 72.9 Å². The molecule has 0 aromatic heterocycles. The molecule has 0 spiro atoms. The highest BCUT2D eigenvalue weighted by Gasteiger charge is 2.41. The molecule has 1 heterocycles. The molecular weight excluding hydrogens is 186 g/mol. The van der Waals surface area contributed by atoms with Crippen molar-refractivity contribution in [3.63, 3.8) is 0 Å². The zero-order valence-electron chi connectivity index (χ0n) is 5.99. The van der Waals surface area contributed by atoms with Crippen molar-refractivity contribution in [2.24, 2.45) is 5.92 Å². The second kappa shape index (κ2) is 3.20. The van der Waals surface area contributed by atoms with Gasteiger partial charge in [0.1, 0.15) is 5.92 Å². The number of halogens is 1. The molecule has 1 atom stereocenters. The maximum atomic E-state index is 10.9. The van der Waals surface area contributed by atoms with Crippen molar-refractivity contribution in [1.82, 2.24) is 5.06 Å². The summed E-state index contributed by atoms with van der Waals surface area (Å²) in [5, 5.41) is 8.69. The highest BCUT2D eigenvalue weighted by atomic mass is 35.5. The molecule has 0 aromatic carbocycles. The van der Waals surface area contributed by atoms with Crippen LogP contribution in [0, 0.1) is 5.92 Å². The average molecular weight is 192 g/mol. The summed E-state index contributed by atoms with van der Waals surface area (Å²) < 4.78 is 0. The third-order valence-corrected chi connectivity index (χ3v) is 1.91. The highest BCUT2D eigenvalue weighted by molar-refractivity contribution is 6.30. The van der Waals surface area contributed by atoms with Crippen molar-refractivity contribution in [1.29, 1.82) is 0 Å². The number of ketones is 1. The Bertz CT molecular complexity index is 252. The number of amides is 2. The third kappa shape index (κ3) is 1.33. The largest absolute Gasteiger partial charge is 0.297 e. The third-order valence-electron chi connectivity index (χ3n) is 1.64. The minimum atomic E-state index is -1.08. The lowest BCUT2D eigenvalue weighted by molar-refractivity contribution is -0.172. The first kappa shape index (κ1) is 9.15. The Morgan fingerprint density at radius 3 is 2.58 bits per heavy atom. The van der Waals surface area contributed by atoms with Crippen molar-refractivity contribution in [3.05, 3.63) is 0 Å². The highest BCUT2D eigenvalue weighted by Crippen LogP contribution is 2.18. The van der Waals surface area contributed by atoms with Gasteiger partial charge in [0.05, 0.1) is 5.88 Å². The van der Waals surface area contributed by atoms with Crippen LogP contribution in [0.4, 0.5) is 0 Å². The Kier molecular flexibility index (Phi) is 2.44. The summed E-state index contributed by atoms with van der Waals surface area (Å²) in [5.74, 6) is -3.59. The Hall–Kier alpha value is -0.940. The number of imide groups is 1. The first-order valence-corrected chi connectivity index (χ1v) is 3.75. The molecule has 0 aromatic rings. The van der Waals surface area contributed by atoms with E-state index in [9.17, 15) is 14.4 Å². The van der Waals surface area contributed by atoms with Crippen LogP contribution in [0.15, 0.2) is 0 Å². The molecule has 2 amide bonds. The van der Waals surface area contributed by atoms with E-state index in [1.165, 1.54) is 0 Å². The van der Waals surface area contributed by atoms with Gasteiger partial charge in [0.2, 0.25) is 0 Å². The fourth-order valence-electron chi connectivity index (χ4n) is 0.964. The quantitative estimate of drug-likeness (QED) is 0.278. The molecule has 12 heavy (non-hydrogen) atoms. The molecule has 0 bridgehead atoms. The van der Waals surface area contributed by atoms with Gasteiger partial charge < -0.3 is 0 Å². The first-order valence-electron chi connectivity index (χ1n) is 3.22. The first-order chi connectivity index (χ1) is 5.57. The van der Waals surface area contributed by atoms with Gasteiger partial charge in [-0.25, -0.2) is 0 Å². The molecule has 6 heteroatoms. The molecule has 1 aliphatic heterocycles. The number of Topliss-reactive ketones (excluding diaryl/α,β-unsaturated/α-hetero) is 1. The number of hydrogen-bond donors (Lipinski definition) is 1. The Balaban J connectivity index is 2.78. The molecule has 0 saturated carbocycles. The van der Waals surface area contributed by atoms with E-state index in [2.05, 4.69) is 0 Å². The summed E-state index contributed by atoms with van der Waals surface area (Å²) in [6.07, 6.45) is -0.277. The fourth-order valence-corrected chi connectivity index (χ4v) is 1.15. The lowest BCUT2D eigenvalue weighted by Gasteiger charge is -2.03. The van der Waals surface area contributed by atoms with Gasteiger partial charge in [-0.05, 0) is 0 Å². The number of carbonyl (C=O) groups is 3. The van der Waals surface area contributed by atoms with Crippen LogP contribution in [0.25, 0.3) is 0 Å². The minimum Gasteiger partial charge on any atom is -0.297 e. The molecule has 1 rings (SSSR count). The molecule has 1 aliphatic rings. The number of rotatable bonds is 2. The van der Waals surface area contributed by atoms with E-state index in [0.717, 1.165) is 0 Å².